The molecule has 4 rings (SSSR count). The van der Waals surface area contributed by atoms with E-state index in [9.17, 15) is 8.78 Å². The van der Waals surface area contributed by atoms with E-state index in [-0.39, 0.29) is 33.5 Å². The Morgan fingerprint density at radius 1 is 1.00 bits per heavy atom. The molecule has 0 saturated heterocycles. The molecule has 2 aliphatic rings. The van der Waals surface area contributed by atoms with Crippen LogP contribution in [0.3, 0.4) is 0 Å². The zero-order chi connectivity index (χ0) is 19.6. The van der Waals surface area contributed by atoms with Gasteiger partial charge in [-0.05, 0) is 0 Å². The molecule has 0 aromatic heterocycles. The molecule has 0 spiro atoms. The molecule has 0 N–H and O–H groups in total. The number of allylic oxidation sites excluding steroid dienone is 6. The first-order valence-electron chi connectivity index (χ1n) is 9.62. The Balaban J connectivity index is 0.00000160. The van der Waals surface area contributed by atoms with Crippen molar-refractivity contribution >= 4 is 30.9 Å². The Labute approximate surface area is 201 Å². The van der Waals surface area contributed by atoms with Gasteiger partial charge in [-0.3, -0.25) is 0 Å². The molecule has 0 fully saturated rings. The second-order valence-corrected chi connectivity index (χ2v) is 11.6. The van der Waals surface area contributed by atoms with E-state index in [2.05, 4.69) is 43.0 Å². The van der Waals surface area contributed by atoms with Crippen molar-refractivity contribution in [3.8, 4) is 0 Å². The van der Waals surface area contributed by atoms with Gasteiger partial charge in [0.1, 0.15) is 0 Å². The molecule has 1 atom stereocenters. The predicted molar refractivity (Wildman–Crippen MR) is 122 cm³/mol. The zero-order valence-electron chi connectivity index (χ0n) is 16.5. The molecule has 30 heavy (non-hydrogen) atoms. The van der Waals surface area contributed by atoms with Gasteiger partial charge in [-0.2, -0.15) is 0 Å². The molecule has 2 aromatic carbocycles. The van der Waals surface area contributed by atoms with Crippen molar-refractivity contribution in [2.75, 3.05) is 0 Å². The second-order valence-electron chi connectivity index (χ2n) is 7.33. The average molecular weight is 525 g/mol. The molecular weight excluding hydrogens is 500 g/mol. The zero-order valence-corrected chi connectivity index (χ0v) is 20.6. The van der Waals surface area contributed by atoms with Crippen molar-refractivity contribution in [3.63, 3.8) is 0 Å². The Kier molecular flexibility index (Phi) is 9.03. The van der Waals surface area contributed by atoms with E-state index in [1.807, 2.05) is 18.2 Å². The summed E-state index contributed by atoms with van der Waals surface area (Å²) in [5.74, 6) is -0.885. The maximum absolute atomic E-state index is 14.5. The molecular formula is C25H24Cl2F2Zr. The SMILES string of the molecule is C=CCCC1=[C]([Zr][C]2(Cc3c(F)cccc3F)C=Cc3ccccc32)CC=C1.Cl.Cl. The second kappa shape index (κ2) is 10.8. The Bertz CT molecular complexity index is 990. The van der Waals surface area contributed by atoms with Gasteiger partial charge in [0.25, 0.3) is 0 Å². The Morgan fingerprint density at radius 2 is 1.73 bits per heavy atom. The first kappa shape index (κ1) is 25.0. The molecule has 156 valence electrons. The van der Waals surface area contributed by atoms with Gasteiger partial charge in [-0.25, -0.2) is 0 Å². The maximum Gasteiger partial charge on any atom is -0.147 e. The van der Waals surface area contributed by atoms with Crippen LogP contribution in [0.1, 0.15) is 36.0 Å². The van der Waals surface area contributed by atoms with Crippen molar-refractivity contribution in [1.82, 2.24) is 0 Å². The van der Waals surface area contributed by atoms with Crippen LogP contribution in [0.2, 0.25) is 0 Å². The molecule has 0 heterocycles. The molecule has 0 saturated carbocycles. The summed E-state index contributed by atoms with van der Waals surface area (Å²) in [5, 5.41) is 0. The van der Waals surface area contributed by atoms with Crippen LogP contribution in [-0.2, 0) is 32.8 Å². The van der Waals surface area contributed by atoms with Gasteiger partial charge < -0.3 is 0 Å². The van der Waals surface area contributed by atoms with Crippen LogP contribution in [0, 0.1) is 11.6 Å². The van der Waals surface area contributed by atoms with Gasteiger partial charge in [0.05, 0.1) is 0 Å². The van der Waals surface area contributed by atoms with Crippen LogP contribution in [0.15, 0.2) is 82.2 Å². The molecule has 2 aliphatic carbocycles. The van der Waals surface area contributed by atoms with Crippen molar-refractivity contribution in [1.29, 1.82) is 0 Å². The molecule has 1 unspecified atom stereocenters. The van der Waals surface area contributed by atoms with Crippen LogP contribution in [-0.4, -0.2) is 0 Å². The van der Waals surface area contributed by atoms with Gasteiger partial charge in [0, 0.05) is 0 Å². The monoisotopic (exact) mass is 522 g/mol. The topological polar surface area (TPSA) is 0 Å². The third kappa shape index (κ3) is 4.96. The Morgan fingerprint density at radius 3 is 2.47 bits per heavy atom. The van der Waals surface area contributed by atoms with E-state index in [1.165, 1.54) is 38.2 Å². The van der Waals surface area contributed by atoms with Gasteiger partial charge in [-0.15, -0.1) is 24.8 Å². The molecule has 0 amide bonds. The predicted octanol–water partition coefficient (Wildman–Crippen LogP) is 7.54. The van der Waals surface area contributed by atoms with Crippen LogP contribution < -0.4 is 0 Å². The van der Waals surface area contributed by atoms with Crippen LogP contribution >= 0.6 is 24.8 Å². The molecule has 0 nitrogen and oxygen atoms in total. The third-order valence-electron chi connectivity index (χ3n) is 5.53. The fourth-order valence-electron chi connectivity index (χ4n) is 4.10. The average Bonchev–Trinajstić information content (AvgIpc) is 3.29. The summed E-state index contributed by atoms with van der Waals surface area (Å²) in [6.45, 7) is 3.84. The smallest absolute Gasteiger partial charge is 0.147 e. The minimum Gasteiger partial charge on any atom is -0.147 e. The quantitative estimate of drug-likeness (QED) is 0.329. The van der Waals surface area contributed by atoms with Gasteiger partial charge in [0.2, 0.25) is 0 Å². The number of benzene rings is 2. The minimum atomic E-state index is -1.20. The molecule has 0 bridgehead atoms. The summed E-state index contributed by atoms with van der Waals surface area (Å²) in [7, 11) is 0. The summed E-state index contributed by atoms with van der Waals surface area (Å²) in [4.78, 5) is 0. The maximum atomic E-state index is 14.5. The van der Waals surface area contributed by atoms with E-state index in [4.69, 9.17) is 0 Å². The van der Waals surface area contributed by atoms with E-state index in [1.54, 1.807) is 0 Å². The van der Waals surface area contributed by atoms with Gasteiger partial charge in [0.15, 0.2) is 0 Å². The summed E-state index contributed by atoms with van der Waals surface area (Å²) >= 11 is -1.20. The van der Waals surface area contributed by atoms with E-state index < -0.39 is 34.9 Å². The van der Waals surface area contributed by atoms with Gasteiger partial charge in [-0.1, -0.05) is 0 Å². The third-order valence-corrected chi connectivity index (χ3v) is 10.2. The molecule has 0 radical (unpaired) electrons. The number of hydrogen-bond acceptors (Lipinski definition) is 0. The largest absolute Gasteiger partial charge is 0.147 e. The van der Waals surface area contributed by atoms with E-state index in [0.717, 1.165) is 19.3 Å². The number of rotatable bonds is 7. The van der Waals surface area contributed by atoms with E-state index >= 15 is 0 Å². The standard InChI is InChI=1S/C16H11F2.C9H11.2ClH.Zr/c17-15-6-3-7-16(18)14(15)10-12-9-8-11-4-1-2-5-13(11)12;1-2-3-6-9-7-4-5-8-9;;;/h1-9H,10H2;2,4,7H,1,3,5-6H2;2*1H;. The van der Waals surface area contributed by atoms with Crippen LogP contribution in [0.4, 0.5) is 8.78 Å². The normalized spacial score (nSPS) is 18.6. The number of fused-ring (bicyclic) bond motifs is 1. The summed E-state index contributed by atoms with van der Waals surface area (Å²) in [6, 6.07) is 12.5. The Hall–Kier alpha value is -1.28. The fraction of sp³-hybridized carbons (Fsp3) is 0.200. The number of halogens is 4. The molecule has 5 heteroatoms. The summed E-state index contributed by atoms with van der Waals surface area (Å²) in [5.41, 5.74) is 4.03. The first-order chi connectivity index (χ1) is 13.6. The van der Waals surface area contributed by atoms with Crippen molar-refractivity contribution in [3.05, 3.63) is 111 Å². The van der Waals surface area contributed by atoms with Gasteiger partial charge >= 0.3 is 177 Å². The van der Waals surface area contributed by atoms with Crippen LogP contribution in [0.25, 0.3) is 6.08 Å². The van der Waals surface area contributed by atoms with Crippen LogP contribution in [0.5, 0.6) is 0 Å². The molecule has 2 aromatic rings. The van der Waals surface area contributed by atoms with Crippen molar-refractivity contribution in [2.45, 2.75) is 28.8 Å². The summed E-state index contributed by atoms with van der Waals surface area (Å²) in [6.07, 6.45) is 14.1. The van der Waals surface area contributed by atoms with Crippen molar-refractivity contribution in [2.24, 2.45) is 0 Å². The molecule has 0 aliphatic heterocycles. The number of hydrogen-bond donors (Lipinski definition) is 0. The minimum absolute atomic E-state index is 0. The van der Waals surface area contributed by atoms with E-state index in [0.29, 0.717) is 6.42 Å². The first-order valence-corrected chi connectivity index (χ1v) is 12.1. The fourth-order valence-corrected chi connectivity index (χ4v) is 8.82. The summed E-state index contributed by atoms with van der Waals surface area (Å²) < 4.78 is 30.3. The van der Waals surface area contributed by atoms with Crippen molar-refractivity contribution < 1.29 is 32.0 Å².